The van der Waals surface area contributed by atoms with Gasteiger partial charge in [-0.3, -0.25) is 9.79 Å². The minimum atomic E-state index is -0.247. The van der Waals surface area contributed by atoms with Crippen molar-refractivity contribution in [3.8, 4) is 0 Å². The van der Waals surface area contributed by atoms with Crippen molar-refractivity contribution in [3.63, 3.8) is 0 Å². The van der Waals surface area contributed by atoms with E-state index in [0.717, 1.165) is 31.9 Å². The summed E-state index contributed by atoms with van der Waals surface area (Å²) in [6, 6.07) is 1.65. The Kier molecular flexibility index (Phi) is 10.0. The Hall–Kier alpha value is -1.04. The van der Waals surface area contributed by atoms with Crippen LogP contribution < -0.4 is 10.6 Å². The molecule has 29 heavy (non-hydrogen) atoms. The van der Waals surface area contributed by atoms with Gasteiger partial charge in [-0.1, -0.05) is 23.2 Å². The van der Waals surface area contributed by atoms with Crippen LogP contribution in [-0.4, -0.2) is 85.7 Å². The second-order valence-corrected chi connectivity index (χ2v) is 7.54. The fourth-order valence-electron chi connectivity index (χ4n) is 3.35. The number of piperazine rings is 1. The van der Waals surface area contributed by atoms with Gasteiger partial charge in [-0.25, -0.2) is 4.98 Å². The van der Waals surface area contributed by atoms with Crippen LogP contribution in [0.4, 0.5) is 5.82 Å². The van der Waals surface area contributed by atoms with E-state index in [2.05, 4.69) is 25.5 Å². The number of guanidine groups is 1. The molecule has 0 radical (unpaired) electrons. The lowest BCUT2D eigenvalue weighted by atomic mass is 10.2. The molecule has 8 nitrogen and oxygen atoms in total. The van der Waals surface area contributed by atoms with Crippen molar-refractivity contribution < 1.29 is 9.53 Å². The molecular weight excluding hydrogens is 530 g/mol. The molecular formula is C18H27Cl2IN6O2. The number of nitrogens with one attached hydrogen (secondary N) is 2. The van der Waals surface area contributed by atoms with Gasteiger partial charge in [-0.05, 0) is 18.9 Å². The summed E-state index contributed by atoms with van der Waals surface area (Å²) >= 11 is 12.0. The summed E-state index contributed by atoms with van der Waals surface area (Å²) in [6.45, 7) is 4.83. The highest BCUT2D eigenvalue weighted by Crippen LogP contribution is 2.22. The van der Waals surface area contributed by atoms with E-state index >= 15 is 0 Å². The Bertz CT molecular complexity index is 710. The lowest BCUT2D eigenvalue weighted by Gasteiger charge is -2.37. The molecule has 2 aliphatic heterocycles. The van der Waals surface area contributed by atoms with Crippen LogP contribution in [0.2, 0.25) is 10.0 Å². The summed E-state index contributed by atoms with van der Waals surface area (Å²) < 4.78 is 5.51. The average molecular weight is 557 g/mol. The zero-order valence-corrected chi connectivity index (χ0v) is 20.2. The highest BCUT2D eigenvalue weighted by atomic mass is 127. The van der Waals surface area contributed by atoms with Gasteiger partial charge in [0, 0.05) is 59.1 Å². The van der Waals surface area contributed by atoms with Crippen LogP contribution in [0.3, 0.4) is 0 Å². The van der Waals surface area contributed by atoms with Crippen LogP contribution in [0.15, 0.2) is 17.3 Å². The number of aromatic nitrogens is 1. The van der Waals surface area contributed by atoms with E-state index in [1.807, 2.05) is 4.90 Å². The molecule has 2 N–H and O–H groups in total. The summed E-state index contributed by atoms with van der Waals surface area (Å²) in [5.41, 5.74) is 0. The van der Waals surface area contributed by atoms with Gasteiger partial charge in [-0.2, -0.15) is 0 Å². The topological polar surface area (TPSA) is 82.1 Å². The van der Waals surface area contributed by atoms with Crippen LogP contribution in [0.1, 0.15) is 12.8 Å². The van der Waals surface area contributed by atoms with Crippen LogP contribution in [-0.2, 0) is 9.53 Å². The summed E-state index contributed by atoms with van der Waals surface area (Å²) in [7, 11) is 1.76. The number of carbonyl (C=O) groups is 1. The van der Waals surface area contributed by atoms with Gasteiger partial charge in [0.05, 0.1) is 10.0 Å². The standard InChI is InChI=1S/C18H26Cl2N6O2.HI/c1-21-18(23-5-4-22-16-14(20)11-13(19)12-24-16)26-8-6-25(7-9-26)17(27)15-3-2-10-28-15;/h11-12,15H,2-10H2,1H3,(H,21,23)(H,22,24);1H. The maximum Gasteiger partial charge on any atom is 0.251 e. The van der Waals surface area contributed by atoms with Crippen molar-refractivity contribution in [3.05, 3.63) is 22.3 Å². The van der Waals surface area contributed by atoms with E-state index < -0.39 is 0 Å². The quantitative estimate of drug-likeness (QED) is 0.251. The first-order chi connectivity index (χ1) is 13.6. The third-order valence-electron chi connectivity index (χ3n) is 4.82. The van der Waals surface area contributed by atoms with Gasteiger partial charge >= 0.3 is 0 Å². The maximum absolute atomic E-state index is 12.4. The number of rotatable bonds is 5. The Balaban J connectivity index is 0.00000300. The average Bonchev–Trinajstić information content (AvgIpc) is 3.24. The Morgan fingerprint density at radius 2 is 2.00 bits per heavy atom. The van der Waals surface area contributed by atoms with E-state index in [0.29, 0.717) is 48.6 Å². The van der Waals surface area contributed by atoms with Crippen molar-refractivity contribution in [1.82, 2.24) is 20.1 Å². The van der Waals surface area contributed by atoms with Crippen LogP contribution in [0.5, 0.6) is 0 Å². The number of anilines is 1. The molecule has 11 heteroatoms. The molecule has 1 unspecified atom stereocenters. The lowest BCUT2D eigenvalue weighted by molar-refractivity contribution is -0.142. The number of amides is 1. The maximum atomic E-state index is 12.4. The number of ether oxygens (including phenoxy) is 1. The summed E-state index contributed by atoms with van der Waals surface area (Å²) in [6.07, 6.45) is 3.11. The van der Waals surface area contributed by atoms with Crippen molar-refractivity contribution >= 4 is 64.9 Å². The normalized spacial score (nSPS) is 19.7. The van der Waals surface area contributed by atoms with E-state index in [-0.39, 0.29) is 36.0 Å². The van der Waals surface area contributed by atoms with Crippen molar-refractivity contribution in [2.24, 2.45) is 4.99 Å². The fourth-order valence-corrected chi connectivity index (χ4v) is 3.79. The number of halogens is 3. The molecule has 2 fully saturated rings. The summed E-state index contributed by atoms with van der Waals surface area (Å²) in [4.78, 5) is 25.0. The summed E-state index contributed by atoms with van der Waals surface area (Å²) in [5, 5.41) is 7.49. The second kappa shape index (κ2) is 12.0. The first-order valence-corrected chi connectivity index (χ1v) is 10.2. The Labute approximate surface area is 198 Å². The van der Waals surface area contributed by atoms with Gasteiger partial charge in [-0.15, -0.1) is 24.0 Å². The van der Waals surface area contributed by atoms with E-state index in [4.69, 9.17) is 27.9 Å². The van der Waals surface area contributed by atoms with Gasteiger partial charge in [0.2, 0.25) is 0 Å². The molecule has 1 atom stereocenters. The van der Waals surface area contributed by atoms with Crippen LogP contribution >= 0.6 is 47.2 Å². The molecule has 0 aromatic carbocycles. The molecule has 1 aromatic rings. The predicted octanol–water partition coefficient (Wildman–Crippen LogP) is 2.32. The van der Waals surface area contributed by atoms with E-state index in [1.54, 1.807) is 19.3 Å². The van der Waals surface area contributed by atoms with Gasteiger partial charge in [0.25, 0.3) is 5.91 Å². The number of nitrogens with zero attached hydrogens (tertiary/aromatic N) is 4. The molecule has 3 rings (SSSR count). The molecule has 0 spiro atoms. The number of hydrogen-bond donors (Lipinski definition) is 2. The van der Waals surface area contributed by atoms with E-state index in [1.165, 1.54) is 0 Å². The van der Waals surface area contributed by atoms with Gasteiger partial charge in [0.1, 0.15) is 11.9 Å². The highest BCUT2D eigenvalue weighted by molar-refractivity contribution is 14.0. The third-order valence-corrected chi connectivity index (χ3v) is 5.31. The zero-order chi connectivity index (χ0) is 19.9. The second-order valence-electron chi connectivity index (χ2n) is 6.70. The van der Waals surface area contributed by atoms with Gasteiger partial charge in [0.15, 0.2) is 5.96 Å². The number of carbonyl (C=O) groups excluding carboxylic acids is 1. The summed E-state index contributed by atoms with van der Waals surface area (Å²) in [5.74, 6) is 1.54. The first kappa shape index (κ1) is 24.2. The molecule has 3 heterocycles. The Morgan fingerprint density at radius 1 is 1.28 bits per heavy atom. The van der Waals surface area contributed by atoms with Gasteiger partial charge < -0.3 is 25.2 Å². The predicted molar refractivity (Wildman–Crippen MR) is 127 cm³/mol. The van der Waals surface area contributed by atoms with Crippen LogP contribution in [0.25, 0.3) is 0 Å². The molecule has 2 aliphatic rings. The zero-order valence-electron chi connectivity index (χ0n) is 16.4. The van der Waals surface area contributed by atoms with Crippen molar-refractivity contribution in [1.29, 1.82) is 0 Å². The minimum absolute atomic E-state index is 0. The molecule has 0 saturated carbocycles. The number of pyridine rings is 1. The monoisotopic (exact) mass is 556 g/mol. The molecule has 0 aliphatic carbocycles. The molecule has 162 valence electrons. The smallest absolute Gasteiger partial charge is 0.251 e. The lowest BCUT2D eigenvalue weighted by Crippen LogP contribution is -2.55. The van der Waals surface area contributed by atoms with Crippen molar-refractivity contribution in [2.45, 2.75) is 18.9 Å². The van der Waals surface area contributed by atoms with E-state index in [9.17, 15) is 4.79 Å². The molecule has 2 saturated heterocycles. The number of hydrogen-bond acceptors (Lipinski definition) is 5. The highest BCUT2D eigenvalue weighted by Gasteiger charge is 2.30. The first-order valence-electron chi connectivity index (χ1n) is 9.49. The van der Waals surface area contributed by atoms with Crippen molar-refractivity contribution in [2.75, 3.05) is 58.2 Å². The third kappa shape index (κ3) is 6.73. The minimum Gasteiger partial charge on any atom is -0.368 e. The van der Waals surface area contributed by atoms with Crippen LogP contribution in [0, 0.1) is 0 Å². The molecule has 0 bridgehead atoms. The largest absolute Gasteiger partial charge is 0.368 e. The SMILES string of the molecule is CN=C(NCCNc1ncc(Cl)cc1Cl)N1CCN(C(=O)C2CCCO2)CC1.I. The fraction of sp³-hybridized carbons (Fsp3) is 0.611. The molecule has 1 amide bonds. The number of aliphatic imine (C=N–C) groups is 1. The Morgan fingerprint density at radius 3 is 2.62 bits per heavy atom. The molecule has 1 aromatic heterocycles.